The highest BCUT2D eigenvalue weighted by Gasteiger charge is 2.30. The van der Waals surface area contributed by atoms with Crippen molar-refractivity contribution in [3.63, 3.8) is 0 Å². The van der Waals surface area contributed by atoms with Crippen molar-refractivity contribution in [1.29, 1.82) is 0 Å². The molecule has 1 aromatic carbocycles. The van der Waals surface area contributed by atoms with Crippen molar-refractivity contribution in [3.8, 4) is 0 Å². The molecule has 4 nitrogen and oxygen atoms in total. The number of hydrogen-bond acceptors (Lipinski definition) is 4. The summed E-state index contributed by atoms with van der Waals surface area (Å²) in [4.78, 5) is 23.4. The Morgan fingerprint density at radius 1 is 1.43 bits per heavy atom. The molecular formula is C17H20O4. The van der Waals surface area contributed by atoms with Crippen LogP contribution in [0, 0.1) is 0 Å². The van der Waals surface area contributed by atoms with Crippen LogP contribution in [0.15, 0.2) is 35.9 Å². The van der Waals surface area contributed by atoms with E-state index in [9.17, 15) is 9.59 Å². The van der Waals surface area contributed by atoms with Crippen LogP contribution in [0.25, 0.3) is 0 Å². The highest BCUT2D eigenvalue weighted by atomic mass is 16.6. The summed E-state index contributed by atoms with van der Waals surface area (Å²) in [5.41, 5.74) is 2.15. The Morgan fingerprint density at radius 3 is 2.86 bits per heavy atom. The van der Waals surface area contributed by atoms with Crippen LogP contribution < -0.4 is 0 Å². The summed E-state index contributed by atoms with van der Waals surface area (Å²) in [6.45, 7) is 5.38. The molecule has 4 heteroatoms. The van der Waals surface area contributed by atoms with Crippen LogP contribution in [-0.4, -0.2) is 18.0 Å². The lowest BCUT2D eigenvalue weighted by atomic mass is 10.0. The Hall–Kier alpha value is -2.10. The smallest absolute Gasteiger partial charge is 0.339 e. The van der Waals surface area contributed by atoms with Gasteiger partial charge in [-0.25, -0.2) is 9.59 Å². The highest BCUT2D eigenvalue weighted by Crippen LogP contribution is 2.34. The van der Waals surface area contributed by atoms with Crippen LogP contribution in [0.2, 0.25) is 0 Å². The van der Waals surface area contributed by atoms with Crippen LogP contribution in [0.3, 0.4) is 0 Å². The normalized spacial score (nSPS) is 18.9. The Labute approximate surface area is 124 Å². The van der Waals surface area contributed by atoms with Gasteiger partial charge in [0.05, 0.1) is 11.7 Å². The Bertz CT molecular complexity index is 574. The molecule has 0 aliphatic carbocycles. The van der Waals surface area contributed by atoms with Crippen LogP contribution in [0.4, 0.5) is 0 Å². The average molecular weight is 288 g/mol. The number of ether oxygens (including phenoxy) is 2. The first-order chi connectivity index (χ1) is 10.0. The number of allylic oxidation sites excluding steroid dienone is 1. The highest BCUT2D eigenvalue weighted by molar-refractivity contribution is 5.93. The maximum Gasteiger partial charge on any atom is 0.339 e. The van der Waals surface area contributed by atoms with Crippen LogP contribution >= 0.6 is 0 Å². The molecular weight excluding hydrogens is 268 g/mol. The Kier molecular flexibility index (Phi) is 4.78. The number of cyclic esters (lactones) is 1. The predicted octanol–water partition coefficient (Wildman–Crippen LogP) is 3.58. The molecule has 0 radical (unpaired) electrons. The Balaban J connectivity index is 1.90. The third-order valence-electron chi connectivity index (χ3n) is 3.68. The maximum absolute atomic E-state index is 11.7. The number of carbonyl (C=O) groups excluding carboxylic acids is 2. The molecule has 0 fully saturated rings. The molecule has 0 aromatic heterocycles. The van der Waals surface area contributed by atoms with Gasteiger partial charge in [-0.15, -0.1) is 0 Å². The second-order valence-electron chi connectivity index (χ2n) is 5.25. The molecule has 112 valence electrons. The van der Waals surface area contributed by atoms with Gasteiger partial charge in [-0.3, -0.25) is 0 Å². The quantitative estimate of drug-likeness (QED) is 0.614. The summed E-state index contributed by atoms with van der Waals surface area (Å²) in [7, 11) is 0. The van der Waals surface area contributed by atoms with Gasteiger partial charge < -0.3 is 9.47 Å². The predicted molar refractivity (Wildman–Crippen MR) is 78.8 cm³/mol. The van der Waals surface area contributed by atoms with E-state index in [0.29, 0.717) is 24.0 Å². The molecule has 1 heterocycles. The molecule has 2 rings (SSSR count). The molecule has 0 N–H and O–H groups in total. The summed E-state index contributed by atoms with van der Waals surface area (Å²) in [5.74, 6) is -0.571. The molecule has 0 bridgehead atoms. The lowest BCUT2D eigenvalue weighted by Crippen LogP contribution is -2.16. The van der Waals surface area contributed by atoms with Crippen molar-refractivity contribution in [2.24, 2.45) is 0 Å². The third kappa shape index (κ3) is 3.51. The second kappa shape index (κ2) is 6.57. The van der Waals surface area contributed by atoms with Gasteiger partial charge in [0, 0.05) is 11.1 Å². The summed E-state index contributed by atoms with van der Waals surface area (Å²) in [5, 5.41) is 0. The Morgan fingerprint density at radius 2 is 2.14 bits per heavy atom. The van der Waals surface area contributed by atoms with E-state index in [0.717, 1.165) is 5.56 Å². The van der Waals surface area contributed by atoms with Crippen molar-refractivity contribution >= 4 is 11.9 Å². The van der Waals surface area contributed by atoms with Gasteiger partial charge in [0.2, 0.25) is 0 Å². The van der Waals surface area contributed by atoms with Crippen LogP contribution in [0.5, 0.6) is 0 Å². The van der Waals surface area contributed by atoms with Crippen molar-refractivity contribution in [2.75, 3.05) is 0 Å². The monoisotopic (exact) mass is 288 g/mol. The summed E-state index contributed by atoms with van der Waals surface area (Å²) in [6, 6.07) is 7.40. The van der Waals surface area contributed by atoms with Gasteiger partial charge in [0.15, 0.2) is 0 Å². The third-order valence-corrected chi connectivity index (χ3v) is 3.68. The number of carbonyl (C=O) groups is 2. The van der Waals surface area contributed by atoms with Crippen molar-refractivity contribution < 1.29 is 19.1 Å². The zero-order chi connectivity index (χ0) is 15.4. The molecule has 2 atom stereocenters. The molecule has 0 saturated carbocycles. The van der Waals surface area contributed by atoms with Crippen molar-refractivity contribution in [2.45, 2.75) is 45.8 Å². The fourth-order valence-corrected chi connectivity index (χ4v) is 2.27. The maximum atomic E-state index is 11.7. The zero-order valence-electron chi connectivity index (χ0n) is 12.6. The second-order valence-corrected chi connectivity index (χ2v) is 5.25. The van der Waals surface area contributed by atoms with E-state index in [1.54, 1.807) is 26.0 Å². The van der Waals surface area contributed by atoms with E-state index in [1.807, 2.05) is 25.1 Å². The van der Waals surface area contributed by atoms with E-state index in [-0.39, 0.29) is 24.1 Å². The molecule has 0 saturated heterocycles. The van der Waals surface area contributed by atoms with Crippen molar-refractivity contribution in [1.82, 2.24) is 0 Å². The molecule has 0 amide bonds. The van der Waals surface area contributed by atoms with Gasteiger partial charge >= 0.3 is 11.9 Å². The summed E-state index contributed by atoms with van der Waals surface area (Å²) >= 11 is 0. The van der Waals surface area contributed by atoms with Gasteiger partial charge in [0.25, 0.3) is 0 Å². The molecule has 0 unspecified atom stereocenters. The number of hydrogen-bond donors (Lipinski definition) is 0. The van der Waals surface area contributed by atoms with Crippen molar-refractivity contribution in [3.05, 3.63) is 47.0 Å². The number of esters is 2. The first-order valence-corrected chi connectivity index (χ1v) is 7.16. The minimum atomic E-state index is -0.297. The van der Waals surface area contributed by atoms with Gasteiger partial charge in [-0.1, -0.05) is 24.3 Å². The average Bonchev–Trinajstić information content (AvgIpc) is 2.81. The standard InChI is InChI=1S/C17H20O4/c1-4-11(2)16(18)20-12(3)9-10-15-13-7-5-6-8-14(13)17(19)21-15/h4-8,12,15H,9-10H2,1-3H3/b11-4-/t12-,15+/m0/s1. The van der Waals surface area contributed by atoms with Gasteiger partial charge in [-0.05, 0) is 39.7 Å². The molecule has 21 heavy (non-hydrogen) atoms. The minimum absolute atomic E-state index is 0.209. The first-order valence-electron chi connectivity index (χ1n) is 7.16. The first kappa shape index (κ1) is 15.3. The van der Waals surface area contributed by atoms with E-state index >= 15 is 0 Å². The molecule has 0 spiro atoms. The number of fused-ring (bicyclic) bond motifs is 1. The summed E-state index contributed by atoms with van der Waals surface area (Å²) in [6.07, 6.45) is 2.57. The number of rotatable bonds is 5. The SMILES string of the molecule is C/C=C(/C)C(=O)O[C@@H](C)CC[C@H]1OC(=O)c2ccccc21. The van der Waals surface area contributed by atoms with Gasteiger partial charge in [-0.2, -0.15) is 0 Å². The molecule has 1 aromatic rings. The van der Waals surface area contributed by atoms with E-state index < -0.39 is 0 Å². The lowest BCUT2D eigenvalue weighted by Gasteiger charge is -2.16. The zero-order valence-corrected chi connectivity index (χ0v) is 12.6. The largest absolute Gasteiger partial charge is 0.459 e. The fourth-order valence-electron chi connectivity index (χ4n) is 2.27. The van der Waals surface area contributed by atoms with Gasteiger partial charge in [0.1, 0.15) is 6.10 Å². The minimum Gasteiger partial charge on any atom is -0.459 e. The number of benzene rings is 1. The van der Waals surface area contributed by atoms with Crippen LogP contribution in [0.1, 0.15) is 55.6 Å². The topological polar surface area (TPSA) is 52.6 Å². The van der Waals surface area contributed by atoms with E-state index in [4.69, 9.17) is 9.47 Å². The van der Waals surface area contributed by atoms with Crippen LogP contribution in [-0.2, 0) is 14.3 Å². The lowest BCUT2D eigenvalue weighted by molar-refractivity contribution is -0.143. The summed E-state index contributed by atoms with van der Waals surface area (Å²) < 4.78 is 10.7. The molecule has 1 aliphatic heterocycles. The van der Waals surface area contributed by atoms with E-state index in [1.165, 1.54) is 0 Å². The fraction of sp³-hybridized carbons (Fsp3) is 0.412. The van der Waals surface area contributed by atoms with E-state index in [2.05, 4.69) is 0 Å². The molecule has 1 aliphatic rings.